The summed E-state index contributed by atoms with van der Waals surface area (Å²) in [5, 5.41) is 5.38. The van der Waals surface area contributed by atoms with Crippen molar-refractivity contribution in [2.24, 2.45) is 5.92 Å². The third-order valence-corrected chi connectivity index (χ3v) is 1.84. The summed E-state index contributed by atoms with van der Waals surface area (Å²) in [7, 11) is 1.78. The first kappa shape index (κ1) is 14.2. The molecular formula is C9H17F3N2O. The van der Waals surface area contributed by atoms with E-state index in [2.05, 4.69) is 10.6 Å². The summed E-state index contributed by atoms with van der Waals surface area (Å²) < 4.78 is 35.2. The number of alkyl halides is 3. The molecule has 0 rings (SSSR count). The van der Waals surface area contributed by atoms with E-state index in [0.717, 1.165) is 6.54 Å². The fourth-order valence-electron chi connectivity index (χ4n) is 1.05. The number of halogens is 3. The Kier molecular flexibility index (Phi) is 6.31. The average molecular weight is 226 g/mol. The molecule has 0 saturated carbocycles. The Bertz CT molecular complexity index is 194. The molecule has 0 radical (unpaired) electrons. The maximum atomic E-state index is 11.7. The highest BCUT2D eigenvalue weighted by atomic mass is 19.4. The molecule has 1 atom stereocenters. The van der Waals surface area contributed by atoms with Crippen molar-refractivity contribution in [1.29, 1.82) is 0 Å². The van der Waals surface area contributed by atoms with Gasteiger partial charge >= 0.3 is 6.18 Å². The summed E-state index contributed by atoms with van der Waals surface area (Å²) in [6.07, 6.45) is -5.80. The summed E-state index contributed by atoms with van der Waals surface area (Å²) in [4.78, 5) is 11.0. The van der Waals surface area contributed by atoms with E-state index in [1.54, 1.807) is 7.05 Å². The highest BCUT2D eigenvalue weighted by molar-refractivity contribution is 5.75. The highest BCUT2D eigenvalue weighted by Crippen LogP contribution is 2.20. The zero-order chi connectivity index (χ0) is 11.9. The first-order chi connectivity index (χ1) is 6.85. The van der Waals surface area contributed by atoms with E-state index in [1.165, 1.54) is 0 Å². The lowest BCUT2D eigenvalue weighted by atomic mass is 10.2. The molecule has 0 bridgehead atoms. The highest BCUT2D eigenvalue weighted by Gasteiger charge is 2.27. The van der Waals surface area contributed by atoms with Crippen LogP contribution in [0.3, 0.4) is 0 Å². The molecule has 0 spiro atoms. The van der Waals surface area contributed by atoms with Gasteiger partial charge in [0.15, 0.2) is 0 Å². The van der Waals surface area contributed by atoms with Gasteiger partial charge in [0.2, 0.25) is 5.91 Å². The second-order valence-corrected chi connectivity index (χ2v) is 3.58. The third kappa shape index (κ3) is 9.52. The van der Waals surface area contributed by atoms with Crippen LogP contribution in [0.1, 0.15) is 19.8 Å². The van der Waals surface area contributed by atoms with E-state index in [1.807, 2.05) is 6.92 Å². The zero-order valence-corrected chi connectivity index (χ0v) is 8.95. The largest absolute Gasteiger partial charge is 0.389 e. The lowest BCUT2D eigenvalue weighted by Gasteiger charge is -2.12. The van der Waals surface area contributed by atoms with E-state index in [0.29, 0.717) is 6.54 Å². The van der Waals surface area contributed by atoms with Gasteiger partial charge in [-0.2, -0.15) is 13.2 Å². The molecule has 0 fully saturated rings. The Hall–Kier alpha value is -0.780. The van der Waals surface area contributed by atoms with Crippen molar-refractivity contribution in [2.45, 2.75) is 25.9 Å². The minimum absolute atomic E-state index is 0.213. The molecule has 0 aromatic carbocycles. The Morgan fingerprint density at radius 2 is 1.93 bits per heavy atom. The van der Waals surface area contributed by atoms with Gasteiger partial charge in [-0.3, -0.25) is 4.79 Å². The summed E-state index contributed by atoms with van der Waals surface area (Å²) in [6.45, 7) is 3.03. The van der Waals surface area contributed by atoms with Gasteiger partial charge in [-0.05, 0) is 19.5 Å². The molecule has 0 aliphatic heterocycles. The third-order valence-electron chi connectivity index (χ3n) is 1.84. The van der Waals surface area contributed by atoms with Crippen LogP contribution in [0.2, 0.25) is 0 Å². The lowest BCUT2D eigenvalue weighted by Crippen LogP contribution is -2.32. The Morgan fingerprint density at radius 1 is 1.33 bits per heavy atom. The summed E-state index contributed by atoms with van der Waals surface area (Å²) in [5.74, 6) is -0.333. The van der Waals surface area contributed by atoms with Crippen LogP contribution in [0, 0.1) is 5.92 Å². The first-order valence-corrected chi connectivity index (χ1v) is 4.83. The van der Waals surface area contributed by atoms with Gasteiger partial charge in [-0.25, -0.2) is 0 Å². The average Bonchev–Trinajstić information content (AvgIpc) is 2.11. The molecule has 0 aliphatic carbocycles. The maximum Gasteiger partial charge on any atom is 0.389 e. The molecule has 6 heteroatoms. The summed E-state index contributed by atoms with van der Waals surface area (Å²) >= 11 is 0. The fraction of sp³-hybridized carbons (Fsp3) is 0.889. The van der Waals surface area contributed by atoms with Crippen molar-refractivity contribution >= 4 is 5.91 Å². The van der Waals surface area contributed by atoms with Crippen LogP contribution >= 0.6 is 0 Å². The van der Waals surface area contributed by atoms with E-state index in [-0.39, 0.29) is 5.92 Å². The molecule has 3 nitrogen and oxygen atoms in total. The van der Waals surface area contributed by atoms with E-state index >= 15 is 0 Å². The maximum absolute atomic E-state index is 11.7. The van der Waals surface area contributed by atoms with Crippen LogP contribution in [-0.2, 0) is 4.79 Å². The molecule has 0 heterocycles. The van der Waals surface area contributed by atoms with Crippen LogP contribution in [0.5, 0.6) is 0 Å². The van der Waals surface area contributed by atoms with Crippen molar-refractivity contribution in [1.82, 2.24) is 10.6 Å². The van der Waals surface area contributed by atoms with Crippen LogP contribution in [0.4, 0.5) is 13.2 Å². The second kappa shape index (κ2) is 6.66. The fourth-order valence-corrected chi connectivity index (χ4v) is 1.05. The van der Waals surface area contributed by atoms with Gasteiger partial charge in [0.1, 0.15) is 0 Å². The number of nitrogens with one attached hydrogen (secondary N) is 2. The Morgan fingerprint density at radius 3 is 2.40 bits per heavy atom. The molecule has 0 aromatic rings. The van der Waals surface area contributed by atoms with Crippen LogP contribution in [0.25, 0.3) is 0 Å². The minimum atomic E-state index is -4.26. The molecule has 0 saturated heterocycles. The Labute approximate surface area is 87.4 Å². The number of amides is 1. The van der Waals surface area contributed by atoms with Gasteiger partial charge in [-0.1, -0.05) is 6.92 Å². The summed E-state index contributed by atoms with van der Waals surface area (Å²) in [6, 6.07) is 0. The normalized spacial score (nSPS) is 13.7. The van der Waals surface area contributed by atoms with Gasteiger partial charge in [0.25, 0.3) is 0 Å². The lowest BCUT2D eigenvalue weighted by molar-refractivity contribution is -0.144. The Balaban J connectivity index is 3.58. The first-order valence-electron chi connectivity index (χ1n) is 4.83. The van der Waals surface area contributed by atoms with Gasteiger partial charge in [0, 0.05) is 13.0 Å². The molecule has 1 unspecified atom stereocenters. The van der Waals surface area contributed by atoms with Crippen molar-refractivity contribution in [3.63, 3.8) is 0 Å². The quantitative estimate of drug-likeness (QED) is 0.716. The van der Waals surface area contributed by atoms with Crippen LogP contribution in [-0.4, -0.2) is 32.2 Å². The van der Waals surface area contributed by atoms with E-state index in [9.17, 15) is 18.0 Å². The SMILES string of the molecule is CNCC(C)CNC(=O)CCC(F)(F)F. The monoisotopic (exact) mass is 226 g/mol. The second-order valence-electron chi connectivity index (χ2n) is 3.58. The molecule has 15 heavy (non-hydrogen) atoms. The van der Waals surface area contributed by atoms with Gasteiger partial charge < -0.3 is 10.6 Å². The van der Waals surface area contributed by atoms with Crippen molar-refractivity contribution in [2.75, 3.05) is 20.1 Å². The van der Waals surface area contributed by atoms with Crippen LogP contribution < -0.4 is 10.6 Å². The number of carbonyl (C=O) groups excluding carboxylic acids is 1. The van der Waals surface area contributed by atoms with Gasteiger partial charge in [0.05, 0.1) is 6.42 Å². The number of carbonyl (C=O) groups is 1. The van der Waals surface area contributed by atoms with Crippen molar-refractivity contribution < 1.29 is 18.0 Å². The number of hydrogen-bond acceptors (Lipinski definition) is 2. The molecule has 0 aliphatic rings. The zero-order valence-electron chi connectivity index (χ0n) is 8.95. The summed E-state index contributed by atoms with van der Waals surface area (Å²) in [5.41, 5.74) is 0. The van der Waals surface area contributed by atoms with E-state index < -0.39 is 24.9 Å². The molecule has 0 aromatic heterocycles. The predicted octanol–water partition coefficient (Wildman–Crippen LogP) is 1.30. The predicted molar refractivity (Wildman–Crippen MR) is 51.4 cm³/mol. The molecule has 1 amide bonds. The molecule has 2 N–H and O–H groups in total. The van der Waals surface area contributed by atoms with Crippen molar-refractivity contribution in [3.8, 4) is 0 Å². The molecular weight excluding hydrogens is 209 g/mol. The van der Waals surface area contributed by atoms with Crippen molar-refractivity contribution in [3.05, 3.63) is 0 Å². The standard InChI is InChI=1S/C9H17F3N2O/c1-7(5-13-2)6-14-8(15)3-4-9(10,11)12/h7,13H,3-6H2,1-2H3,(H,14,15). The van der Waals surface area contributed by atoms with Gasteiger partial charge in [-0.15, -0.1) is 0 Å². The van der Waals surface area contributed by atoms with Crippen LogP contribution in [0.15, 0.2) is 0 Å². The smallest absolute Gasteiger partial charge is 0.356 e. The molecule has 90 valence electrons. The van der Waals surface area contributed by atoms with E-state index in [4.69, 9.17) is 0 Å². The topological polar surface area (TPSA) is 41.1 Å². The number of rotatable bonds is 6. The minimum Gasteiger partial charge on any atom is -0.356 e. The number of hydrogen-bond donors (Lipinski definition) is 2.